The smallest absolute Gasteiger partial charge is 0.165 e. The van der Waals surface area contributed by atoms with E-state index < -0.39 is 0 Å². The molecule has 8 atom stereocenters. The molecule has 0 unspecified atom stereocenters. The quantitative estimate of drug-likeness (QED) is 0.671. The van der Waals surface area contributed by atoms with Gasteiger partial charge in [-0.15, -0.1) is 0 Å². The van der Waals surface area contributed by atoms with Gasteiger partial charge in [0.1, 0.15) is 5.78 Å². The average molecular weight is 417 g/mol. The number of thioether (sulfide) groups is 1. The number of H-pyrrole nitrogens is 1. The summed E-state index contributed by atoms with van der Waals surface area (Å²) in [5.74, 6) is 4.24. The zero-order valence-electron chi connectivity index (χ0n) is 17.9. The summed E-state index contributed by atoms with van der Waals surface area (Å²) in [6.07, 6.45) is 14.1. The zero-order valence-corrected chi connectivity index (χ0v) is 18.7. The third-order valence-corrected chi connectivity index (χ3v) is 10.8. The van der Waals surface area contributed by atoms with Crippen molar-refractivity contribution in [2.24, 2.45) is 40.4 Å². The van der Waals surface area contributed by atoms with E-state index in [0.29, 0.717) is 28.8 Å². The van der Waals surface area contributed by atoms with Crippen LogP contribution in [0.1, 0.15) is 71.6 Å². The summed E-state index contributed by atoms with van der Waals surface area (Å²) in [5, 5.41) is 11.1. The highest BCUT2D eigenvalue weighted by Gasteiger charge is 2.61. The largest absolute Gasteiger partial charge is 0.393 e. The molecule has 0 bridgehead atoms. The Bertz CT molecular complexity index is 752. The van der Waals surface area contributed by atoms with Gasteiger partial charge < -0.3 is 10.1 Å². The Balaban J connectivity index is 1.31. The highest BCUT2D eigenvalue weighted by molar-refractivity contribution is 7.99. The second-order valence-corrected chi connectivity index (χ2v) is 11.9. The second kappa shape index (κ2) is 7.40. The molecule has 0 radical (unpaired) electrons. The Hall–Kier alpha value is -0.810. The van der Waals surface area contributed by atoms with Crippen LogP contribution in [0.2, 0.25) is 0 Å². The summed E-state index contributed by atoms with van der Waals surface area (Å²) in [6, 6.07) is 0. The Morgan fingerprint density at radius 3 is 2.72 bits per heavy atom. The van der Waals surface area contributed by atoms with Crippen LogP contribution in [0.4, 0.5) is 0 Å². The van der Waals surface area contributed by atoms with Crippen LogP contribution in [0, 0.1) is 40.4 Å². The predicted molar refractivity (Wildman–Crippen MR) is 116 cm³/mol. The van der Waals surface area contributed by atoms with Gasteiger partial charge in [0.05, 0.1) is 11.9 Å². The van der Waals surface area contributed by atoms with Crippen molar-refractivity contribution >= 4 is 17.5 Å². The van der Waals surface area contributed by atoms with Crippen molar-refractivity contribution in [3.8, 4) is 0 Å². The number of rotatable bonds is 4. The van der Waals surface area contributed by atoms with Gasteiger partial charge in [0.15, 0.2) is 5.16 Å². The molecule has 4 aliphatic carbocycles. The highest BCUT2D eigenvalue weighted by atomic mass is 32.2. The third kappa shape index (κ3) is 3.22. The van der Waals surface area contributed by atoms with Crippen LogP contribution in [0.15, 0.2) is 17.6 Å². The van der Waals surface area contributed by atoms with Crippen LogP contribution in [0.25, 0.3) is 0 Å². The fourth-order valence-corrected chi connectivity index (χ4v) is 9.10. The van der Waals surface area contributed by atoms with Gasteiger partial charge in [-0.1, -0.05) is 25.6 Å². The van der Waals surface area contributed by atoms with E-state index >= 15 is 0 Å². The lowest BCUT2D eigenvalue weighted by Crippen LogP contribution is -2.54. The Kier molecular flexibility index (Phi) is 5.13. The van der Waals surface area contributed by atoms with Crippen molar-refractivity contribution in [2.75, 3.05) is 5.75 Å². The number of carbonyl (C=O) groups excluding carboxylic acids is 1. The summed E-state index contributed by atoms with van der Waals surface area (Å²) in [5.41, 5.74) is 0.611. The number of hydrogen-bond acceptors (Lipinski definition) is 4. The number of nitrogens with zero attached hydrogens (tertiary/aromatic N) is 1. The molecule has 1 heterocycles. The number of aliphatic hydroxyl groups excluding tert-OH is 1. The van der Waals surface area contributed by atoms with Gasteiger partial charge in [0.25, 0.3) is 0 Å². The summed E-state index contributed by atoms with van der Waals surface area (Å²) >= 11 is 1.56. The minimum Gasteiger partial charge on any atom is -0.393 e. The second-order valence-electron chi connectivity index (χ2n) is 10.9. The molecular weight excluding hydrogens is 380 g/mol. The molecule has 29 heavy (non-hydrogen) atoms. The lowest BCUT2D eigenvalue weighted by Gasteiger charge is -2.60. The van der Waals surface area contributed by atoms with Gasteiger partial charge in [0.2, 0.25) is 0 Å². The van der Waals surface area contributed by atoms with Gasteiger partial charge in [-0.3, -0.25) is 4.79 Å². The molecule has 5 rings (SSSR count). The monoisotopic (exact) mass is 416 g/mol. The van der Waals surface area contributed by atoms with E-state index in [1.807, 2.05) is 6.20 Å². The minimum atomic E-state index is -0.0707. The van der Waals surface area contributed by atoms with Crippen molar-refractivity contribution in [1.29, 1.82) is 0 Å². The molecule has 160 valence electrons. The number of aliphatic hydroxyl groups is 1. The highest BCUT2D eigenvalue weighted by Crippen LogP contribution is 2.67. The molecule has 5 heteroatoms. The van der Waals surface area contributed by atoms with Crippen LogP contribution in [0.3, 0.4) is 0 Å². The molecule has 0 saturated heterocycles. The molecule has 0 aliphatic heterocycles. The molecule has 0 aromatic carbocycles. The van der Waals surface area contributed by atoms with Crippen molar-refractivity contribution in [3.05, 3.63) is 12.4 Å². The molecular formula is C24H36N2O2S. The number of ketones is 1. The number of fused-ring (bicyclic) bond motifs is 5. The maximum Gasteiger partial charge on any atom is 0.165 e. The molecule has 1 aromatic rings. The number of hydrogen-bond donors (Lipinski definition) is 2. The van der Waals surface area contributed by atoms with Gasteiger partial charge >= 0.3 is 0 Å². The third-order valence-electron chi connectivity index (χ3n) is 9.85. The maximum absolute atomic E-state index is 13.2. The van der Waals surface area contributed by atoms with Crippen LogP contribution in [-0.4, -0.2) is 32.7 Å². The van der Waals surface area contributed by atoms with E-state index in [0.717, 1.165) is 36.3 Å². The Morgan fingerprint density at radius 1 is 1.14 bits per heavy atom. The first-order valence-corrected chi connectivity index (χ1v) is 12.7. The lowest BCUT2D eigenvalue weighted by molar-refractivity contribution is -0.138. The molecule has 4 aliphatic rings. The molecule has 0 spiro atoms. The van der Waals surface area contributed by atoms with E-state index in [9.17, 15) is 9.90 Å². The first-order chi connectivity index (χ1) is 13.9. The summed E-state index contributed by atoms with van der Waals surface area (Å²) < 4.78 is 0. The average Bonchev–Trinajstić information content (AvgIpc) is 3.34. The fourth-order valence-electron chi connectivity index (χ4n) is 8.33. The first kappa shape index (κ1) is 20.1. The number of carbonyl (C=O) groups is 1. The predicted octanol–water partition coefficient (Wildman–Crippen LogP) is 5.09. The number of aromatic amines is 1. The fraction of sp³-hybridized carbons (Fsp3) is 0.833. The number of aromatic nitrogens is 2. The van der Waals surface area contributed by atoms with Crippen LogP contribution in [-0.2, 0) is 4.79 Å². The molecule has 4 saturated carbocycles. The Labute approximate surface area is 179 Å². The molecule has 4 fully saturated rings. The Morgan fingerprint density at radius 2 is 1.93 bits per heavy atom. The van der Waals surface area contributed by atoms with Gasteiger partial charge in [-0.05, 0) is 92.3 Å². The van der Waals surface area contributed by atoms with Crippen molar-refractivity contribution in [1.82, 2.24) is 9.97 Å². The minimum absolute atomic E-state index is 0.0707. The molecule has 1 aromatic heterocycles. The van der Waals surface area contributed by atoms with E-state index in [2.05, 4.69) is 23.8 Å². The van der Waals surface area contributed by atoms with Crippen LogP contribution < -0.4 is 0 Å². The van der Waals surface area contributed by atoms with E-state index in [1.54, 1.807) is 18.0 Å². The molecule has 0 amide bonds. The summed E-state index contributed by atoms with van der Waals surface area (Å²) in [4.78, 5) is 20.6. The first-order valence-electron chi connectivity index (χ1n) is 11.7. The van der Waals surface area contributed by atoms with Crippen molar-refractivity contribution < 1.29 is 9.90 Å². The number of imidazole rings is 1. The van der Waals surface area contributed by atoms with E-state index in [4.69, 9.17) is 0 Å². The van der Waals surface area contributed by atoms with Gasteiger partial charge in [0, 0.05) is 18.3 Å². The maximum atomic E-state index is 13.2. The van der Waals surface area contributed by atoms with Crippen LogP contribution >= 0.6 is 11.8 Å². The standard InChI is InChI=1S/C24H36N2O2S/c1-23-9-7-16(27)13-15(23)3-4-17-18-5-6-20(24(18,2)10-8-19(17)23)21(28)14-29-22-25-11-12-26-22/h11-12,15-20,27H,3-10,13-14H2,1-2H3,(H,25,26)/t15-,16-,17+,18+,19+,20-,23+,24+/m1/s1. The van der Waals surface area contributed by atoms with Crippen LogP contribution in [0.5, 0.6) is 0 Å². The molecule has 2 N–H and O–H groups in total. The number of nitrogens with one attached hydrogen (secondary N) is 1. The van der Waals surface area contributed by atoms with Gasteiger partial charge in [-0.25, -0.2) is 4.98 Å². The van der Waals surface area contributed by atoms with E-state index in [1.165, 1.54) is 38.5 Å². The summed E-state index contributed by atoms with van der Waals surface area (Å²) in [7, 11) is 0. The number of Topliss-reactive ketones (excluding diaryl/α,β-unsaturated/α-hetero) is 1. The summed E-state index contributed by atoms with van der Waals surface area (Å²) in [6.45, 7) is 4.99. The normalized spacial score (nSPS) is 46.6. The lowest BCUT2D eigenvalue weighted by atomic mass is 9.44. The van der Waals surface area contributed by atoms with Crippen molar-refractivity contribution in [3.63, 3.8) is 0 Å². The topological polar surface area (TPSA) is 66.0 Å². The van der Waals surface area contributed by atoms with Crippen molar-refractivity contribution in [2.45, 2.75) is 82.9 Å². The van der Waals surface area contributed by atoms with E-state index in [-0.39, 0.29) is 17.4 Å². The van der Waals surface area contributed by atoms with Gasteiger partial charge in [-0.2, -0.15) is 0 Å². The zero-order chi connectivity index (χ0) is 20.2. The molecule has 4 nitrogen and oxygen atoms in total. The SMILES string of the molecule is C[C@]12CC[C@@H](O)C[C@H]1CC[C@@H]1[C@@H]2CC[C@]2(C)[C@@H](C(=O)CSc3ncc[nH]3)CC[C@@H]12.